The molecular weight excluding hydrogens is 244 g/mol. The molecule has 4 N–H and O–H groups in total. The average Bonchev–Trinajstić information content (AvgIpc) is 1.95. The monoisotopic (exact) mass is 250 g/mol. The maximum atomic E-state index is 8.26. The molecule has 12 heteroatoms. The molecule has 0 aromatic rings. The zero-order valence-electron chi connectivity index (χ0n) is 5.73. The number of hydrogen-bond acceptors (Lipinski definition) is 8. The van der Waals surface area contributed by atoms with Gasteiger partial charge < -0.3 is 28.5 Å². The molecule has 0 amide bonds. The average molecular weight is 250 g/mol. The lowest BCUT2D eigenvalue weighted by molar-refractivity contribution is 0.385. The first kappa shape index (κ1) is 13.4. The first-order chi connectivity index (χ1) is 5.63. The maximum absolute atomic E-state index is 8.26. The molecular formula is H6B2O6P2S2. The zero-order chi connectivity index (χ0) is 9.40. The minimum Gasteiger partial charge on any atom is -0.364 e. The smallest absolute Gasteiger partial charge is 0.362 e. The Bertz CT molecular complexity index is 91.5. The van der Waals surface area contributed by atoms with Crippen molar-refractivity contribution in [2.75, 3.05) is 0 Å². The highest BCUT2D eigenvalue weighted by atomic mass is 33.1. The third-order valence-electron chi connectivity index (χ3n) is 0.516. The van der Waals surface area contributed by atoms with E-state index < -0.39 is 17.2 Å². The van der Waals surface area contributed by atoms with E-state index >= 15 is 0 Å². The normalized spacial score (nSPS) is 10.8. The van der Waals surface area contributed by atoms with Crippen molar-refractivity contribution in [3.05, 3.63) is 0 Å². The summed E-state index contributed by atoms with van der Waals surface area (Å²) in [5, 5.41) is 0. The fourth-order valence-corrected chi connectivity index (χ4v) is 2.62. The van der Waals surface area contributed by atoms with Gasteiger partial charge >= 0.3 is 30.7 Å². The van der Waals surface area contributed by atoms with Crippen LogP contribution in [0.5, 0.6) is 0 Å². The molecule has 0 unspecified atom stereocenters. The topological polar surface area (TPSA) is 99.4 Å². The summed E-state index contributed by atoms with van der Waals surface area (Å²) in [7, 11) is -2.25. The van der Waals surface area contributed by atoms with Gasteiger partial charge in [0, 0.05) is 0 Å². The van der Waals surface area contributed by atoms with Gasteiger partial charge in [0.25, 0.3) is 0 Å². The molecule has 0 aromatic carbocycles. The van der Waals surface area contributed by atoms with Crippen LogP contribution < -0.4 is 0 Å². The molecule has 70 valence electrons. The first-order valence-electron chi connectivity index (χ1n) is 2.49. The van der Waals surface area contributed by atoms with Crippen molar-refractivity contribution in [2.45, 2.75) is 0 Å². The third-order valence-corrected chi connectivity index (χ3v) is 3.26. The highest BCUT2D eigenvalue weighted by Gasteiger charge is 2.04. The van der Waals surface area contributed by atoms with Crippen molar-refractivity contribution in [3.8, 4) is 0 Å². The second-order valence-corrected chi connectivity index (χ2v) is 5.12. The summed E-state index contributed by atoms with van der Waals surface area (Å²) < 4.78 is 8.78. The second kappa shape index (κ2) is 9.02. The lowest BCUT2D eigenvalue weighted by Crippen LogP contribution is -1.89. The lowest BCUT2D eigenvalue weighted by Gasteiger charge is -2.02. The van der Waals surface area contributed by atoms with Gasteiger partial charge in [0.15, 0.2) is 0 Å². The minimum atomic E-state index is -2.30. The van der Waals surface area contributed by atoms with Crippen molar-refractivity contribution < 1.29 is 28.5 Å². The Hall–Kier alpha value is 1.45. The first-order valence-corrected chi connectivity index (χ1v) is 7.30. The summed E-state index contributed by atoms with van der Waals surface area (Å²) in [5.74, 6) is 0. The van der Waals surface area contributed by atoms with Gasteiger partial charge in [-0.1, -0.05) is 0 Å². The molecule has 0 saturated heterocycles. The fourth-order valence-electron chi connectivity index (χ4n) is 0.205. The van der Waals surface area contributed by atoms with Gasteiger partial charge in [0.05, 0.1) is 0 Å². The molecule has 0 heterocycles. The van der Waals surface area contributed by atoms with Crippen molar-refractivity contribution in [2.24, 2.45) is 0 Å². The molecule has 0 rings (SSSR count). The summed E-state index contributed by atoms with van der Waals surface area (Å²) in [5.41, 5.74) is 0. The van der Waals surface area contributed by atoms with E-state index in [-0.39, 0.29) is 13.5 Å². The molecule has 0 spiro atoms. The molecule has 0 aliphatic rings. The van der Waals surface area contributed by atoms with Gasteiger partial charge in [0.2, 0.25) is 0 Å². The second-order valence-electron chi connectivity index (χ2n) is 1.24. The van der Waals surface area contributed by atoms with Crippen LogP contribution in [0.3, 0.4) is 0 Å². The Balaban J connectivity index is 2.91. The number of rotatable bonds is 7. The molecule has 0 bridgehead atoms. The van der Waals surface area contributed by atoms with Crippen LogP contribution >= 0.6 is 38.5 Å². The van der Waals surface area contributed by atoms with E-state index in [9.17, 15) is 0 Å². The van der Waals surface area contributed by atoms with Gasteiger partial charge in [-0.2, -0.15) is 0 Å². The van der Waals surface area contributed by atoms with E-state index in [1.165, 1.54) is 21.3 Å². The maximum Gasteiger partial charge on any atom is 0.362 e. The third kappa shape index (κ3) is 11.4. The lowest BCUT2D eigenvalue weighted by atomic mass is 10.6. The molecule has 0 fully saturated rings. The highest BCUT2D eigenvalue weighted by molar-refractivity contribution is 8.92. The molecule has 0 aliphatic carbocycles. The van der Waals surface area contributed by atoms with Gasteiger partial charge in [-0.15, -0.1) is 21.3 Å². The van der Waals surface area contributed by atoms with Crippen LogP contribution in [0.1, 0.15) is 0 Å². The van der Waals surface area contributed by atoms with Crippen molar-refractivity contribution in [1.29, 1.82) is 0 Å². The van der Waals surface area contributed by atoms with Crippen LogP contribution in [-0.2, 0) is 8.88 Å². The standard InChI is InChI=1S/B2H6O6P2S2/c3-9(4)7-1-11-12-2-8-10(5)6/h1-6H. The minimum absolute atomic E-state index is 0.113. The fraction of sp³-hybridized carbons (Fsp3) is 0. The van der Waals surface area contributed by atoms with Crippen molar-refractivity contribution >= 4 is 52.0 Å². The van der Waals surface area contributed by atoms with Crippen molar-refractivity contribution in [1.82, 2.24) is 0 Å². The quantitative estimate of drug-likeness (QED) is 0.205. The van der Waals surface area contributed by atoms with Crippen LogP contribution in [0.15, 0.2) is 0 Å². The largest absolute Gasteiger partial charge is 0.364 e. The Labute approximate surface area is 80.8 Å². The predicted molar refractivity (Wildman–Crippen MR) is 54.4 cm³/mol. The summed E-state index contributed by atoms with van der Waals surface area (Å²) in [6.45, 7) is 0.225. The van der Waals surface area contributed by atoms with E-state index in [0.717, 1.165) is 0 Å². The Morgan fingerprint density at radius 3 is 1.42 bits per heavy atom. The van der Waals surface area contributed by atoms with Crippen LogP contribution in [-0.4, -0.2) is 33.1 Å². The summed E-state index contributed by atoms with van der Waals surface area (Å²) in [4.78, 5) is 33.1. The van der Waals surface area contributed by atoms with E-state index in [4.69, 9.17) is 19.6 Å². The molecule has 12 heavy (non-hydrogen) atoms. The Morgan fingerprint density at radius 2 is 1.17 bits per heavy atom. The van der Waals surface area contributed by atoms with Crippen LogP contribution in [0, 0.1) is 0 Å². The number of hydrogen-bond donors (Lipinski definition) is 4. The van der Waals surface area contributed by atoms with Gasteiger partial charge in [-0.3, -0.25) is 0 Å². The van der Waals surface area contributed by atoms with Gasteiger partial charge in [-0.25, -0.2) is 0 Å². The predicted octanol–water partition coefficient (Wildman–Crippen LogP) is -0.643. The van der Waals surface area contributed by atoms with Crippen molar-refractivity contribution in [3.63, 3.8) is 0 Å². The SMILES string of the molecule is OP(O)OBSSBOP(O)O. The van der Waals surface area contributed by atoms with Gasteiger partial charge in [0.1, 0.15) is 0 Å². The Kier molecular flexibility index (Phi) is 10.1. The highest BCUT2D eigenvalue weighted by Crippen LogP contribution is 2.31. The molecule has 0 aliphatic heterocycles. The van der Waals surface area contributed by atoms with E-state index in [0.29, 0.717) is 0 Å². The zero-order valence-corrected chi connectivity index (χ0v) is 9.15. The molecule has 6 nitrogen and oxygen atoms in total. The molecule has 0 aromatic heterocycles. The summed E-state index contributed by atoms with van der Waals surface area (Å²) >= 11 is 0. The van der Waals surface area contributed by atoms with E-state index in [2.05, 4.69) is 8.88 Å². The van der Waals surface area contributed by atoms with Crippen LogP contribution in [0.2, 0.25) is 0 Å². The summed E-state index contributed by atoms with van der Waals surface area (Å²) in [6, 6.07) is 0. The molecule has 0 radical (unpaired) electrons. The summed E-state index contributed by atoms with van der Waals surface area (Å²) in [6.07, 6.45) is 0. The van der Waals surface area contributed by atoms with Crippen LogP contribution in [0.25, 0.3) is 0 Å². The van der Waals surface area contributed by atoms with E-state index in [1.807, 2.05) is 0 Å². The van der Waals surface area contributed by atoms with Crippen LogP contribution in [0.4, 0.5) is 0 Å². The van der Waals surface area contributed by atoms with Gasteiger partial charge in [-0.05, 0) is 0 Å². The molecule has 0 saturated carbocycles. The Morgan fingerprint density at radius 1 is 0.833 bits per heavy atom. The van der Waals surface area contributed by atoms with E-state index in [1.54, 1.807) is 0 Å². The molecule has 0 atom stereocenters.